The van der Waals surface area contributed by atoms with Gasteiger partial charge in [-0.3, -0.25) is 5.41 Å². The number of benzene rings is 2. The molecule has 0 atom stereocenters. The Hall–Kier alpha value is -3.16. The molecule has 0 aromatic heterocycles. The molecule has 2 rings (SSSR count). The van der Waals surface area contributed by atoms with E-state index in [2.05, 4.69) is 9.89 Å². The van der Waals surface area contributed by atoms with Crippen molar-refractivity contribution in [3.8, 4) is 0 Å². The van der Waals surface area contributed by atoms with Crippen LogP contribution in [-0.2, 0) is 27.2 Å². The van der Waals surface area contributed by atoms with Crippen LogP contribution in [0.25, 0.3) is 0 Å². The maximum Gasteiger partial charge on any atom is 0.416 e. The first-order chi connectivity index (χ1) is 12.7. The summed E-state index contributed by atoms with van der Waals surface area (Å²) in [6.45, 7) is 1.46. The molecule has 5 nitrogen and oxygen atoms in total. The fourth-order valence-electron chi connectivity index (χ4n) is 2.27. The zero-order valence-corrected chi connectivity index (χ0v) is 14.6. The van der Waals surface area contributed by atoms with E-state index in [1.54, 1.807) is 24.3 Å². The monoisotopic (exact) mass is 378 g/mol. The van der Waals surface area contributed by atoms with Crippen molar-refractivity contribution in [3.05, 3.63) is 70.8 Å². The van der Waals surface area contributed by atoms with Crippen LogP contribution in [0, 0.1) is 5.41 Å². The first kappa shape index (κ1) is 20.2. The van der Waals surface area contributed by atoms with Crippen molar-refractivity contribution in [3.63, 3.8) is 0 Å². The van der Waals surface area contributed by atoms with Gasteiger partial charge in [-0.2, -0.15) is 13.2 Å². The molecule has 2 aromatic carbocycles. The minimum Gasteiger partial charge on any atom is -0.464 e. The Kier molecular flexibility index (Phi) is 6.33. The van der Waals surface area contributed by atoms with Crippen LogP contribution in [0.1, 0.15) is 29.2 Å². The average Bonchev–Trinajstić information content (AvgIpc) is 2.66. The molecule has 0 spiro atoms. The Labute approximate surface area is 153 Å². The first-order valence-electron chi connectivity index (χ1n) is 7.83. The molecule has 0 amide bonds. The summed E-state index contributed by atoms with van der Waals surface area (Å²) in [4.78, 5) is 16.8. The second-order valence-electron chi connectivity index (χ2n) is 5.55. The number of oxime groups is 1. The molecule has 2 aromatic rings. The average molecular weight is 378 g/mol. The van der Waals surface area contributed by atoms with Gasteiger partial charge in [-0.15, -0.1) is 0 Å². The molecule has 0 aliphatic rings. The van der Waals surface area contributed by atoms with Crippen LogP contribution in [0.2, 0.25) is 0 Å². The van der Waals surface area contributed by atoms with Crippen LogP contribution in [0.3, 0.4) is 0 Å². The molecule has 0 fully saturated rings. The van der Waals surface area contributed by atoms with E-state index in [0.29, 0.717) is 11.1 Å². The molecular weight excluding hydrogens is 361 g/mol. The van der Waals surface area contributed by atoms with Crippen LogP contribution in [0.15, 0.2) is 53.7 Å². The van der Waals surface area contributed by atoms with E-state index in [0.717, 1.165) is 12.1 Å². The number of nitrogens with zero attached hydrogens (tertiary/aromatic N) is 1. The number of carbonyl (C=O) groups excluding carboxylic acids is 1. The topological polar surface area (TPSA) is 71.7 Å². The van der Waals surface area contributed by atoms with Crippen molar-refractivity contribution < 1.29 is 27.5 Å². The zero-order chi connectivity index (χ0) is 20.0. The van der Waals surface area contributed by atoms with Gasteiger partial charge in [-0.1, -0.05) is 41.6 Å². The Morgan fingerprint density at radius 2 is 1.85 bits per heavy atom. The molecule has 0 heterocycles. The number of hydrogen-bond donors (Lipinski definition) is 1. The lowest BCUT2D eigenvalue weighted by Gasteiger charge is -2.10. The van der Waals surface area contributed by atoms with Gasteiger partial charge in [-0.25, -0.2) is 4.79 Å². The SMILES string of the molecule is COC(=O)C(=N)c1ccccc1CO/N=C(\C)c1cccc(C(F)(F)F)c1. The molecule has 27 heavy (non-hydrogen) atoms. The third kappa shape index (κ3) is 5.16. The van der Waals surface area contributed by atoms with E-state index in [1.165, 1.54) is 26.2 Å². The Morgan fingerprint density at radius 3 is 2.52 bits per heavy atom. The highest BCUT2D eigenvalue weighted by atomic mass is 19.4. The quantitative estimate of drug-likeness (QED) is 0.465. The minimum absolute atomic E-state index is 0.0636. The van der Waals surface area contributed by atoms with Crippen molar-refractivity contribution in [1.82, 2.24) is 0 Å². The molecule has 0 bridgehead atoms. The summed E-state index contributed by atoms with van der Waals surface area (Å²) in [5.74, 6) is -0.786. The number of esters is 1. The van der Waals surface area contributed by atoms with Gasteiger partial charge in [0, 0.05) is 11.1 Å². The van der Waals surface area contributed by atoms with Gasteiger partial charge in [0.2, 0.25) is 0 Å². The number of ether oxygens (including phenoxy) is 1. The second kappa shape index (κ2) is 8.48. The largest absolute Gasteiger partial charge is 0.464 e. The molecule has 0 saturated carbocycles. The van der Waals surface area contributed by atoms with Crippen LogP contribution in [0.5, 0.6) is 0 Å². The Bertz CT molecular complexity index is 876. The Balaban J connectivity index is 2.14. The third-order valence-corrected chi connectivity index (χ3v) is 3.71. The highest BCUT2D eigenvalue weighted by molar-refractivity contribution is 6.42. The number of hydrogen-bond acceptors (Lipinski definition) is 5. The summed E-state index contributed by atoms with van der Waals surface area (Å²) < 4.78 is 42.9. The molecule has 0 aliphatic heterocycles. The number of nitrogens with one attached hydrogen (secondary N) is 1. The maximum absolute atomic E-state index is 12.8. The molecular formula is C19H17F3N2O3. The van der Waals surface area contributed by atoms with Gasteiger partial charge >= 0.3 is 12.1 Å². The fraction of sp³-hybridized carbons (Fsp3) is 0.211. The van der Waals surface area contributed by atoms with Gasteiger partial charge in [0.25, 0.3) is 0 Å². The lowest BCUT2D eigenvalue weighted by atomic mass is 10.0. The Morgan fingerprint density at radius 1 is 1.15 bits per heavy atom. The van der Waals surface area contributed by atoms with Crippen LogP contribution >= 0.6 is 0 Å². The molecule has 0 aliphatic carbocycles. The summed E-state index contributed by atoms with van der Waals surface area (Å²) in [5, 5.41) is 11.7. The molecule has 1 N–H and O–H groups in total. The minimum atomic E-state index is -4.44. The van der Waals surface area contributed by atoms with Gasteiger partial charge in [0.05, 0.1) is 18.4 Å². The molecule has 0 unspecified atom stereocenters. The van der Waals surface area contributed by atoms with E-state index >= 15 is 0 Å². The number of halogens is 3. The predicted octanol–water partition coefficient (Wildman–Crippen LogP) is 4.19. The lowest BCUT2D eigenvalue weighted by molar-refractivity contribution is -0.137. The predicted molar refractivity (Wildman–Crippen MR) is 93.7 cm³/mol. The number of alkyl halides is 3. The third-order valence-electron chi connectivity index (χ3n) is 3.71. The van der Waals surface area contributed by atoms with Crippen molar-refractivity contribution in [1.29, 1.82) is 5.41 Å². The molecule has 8 heteroatoms. The summed E-state index contributed by atoms with van der Waals surface area (Å²) in [5.41, 5.74) is 0.300. The number of methoxy groups -OCH3 is 1. The number of carbonyl (C=O) groups is 1. The van der Waals surface area contributed by atoms with Crippen LogP contribution in [0.4, 0.5) is 13.2 Å². The van der Waals surface area contributed by atoms with E-state index in [9.17, 15) is 18.0 Å². The zero-order valence-electron chi connectivity index (χ0n) is 14.6. The van der Waals surface area contributed by atoms with E-state index in [4.69, 9.17) is 10.2 Å². The van der Waals surface area contributed by atoms with Crippen molar-refractivity contribution in [2.45, 2.75) is 19.7 Å². The smallest absolute Gasteiger partial charge is 0.416 e. The second-order valence-corrected chi connectivity index (χ2v) is 5.55. The highest BCUT2D eigenvalue weighted by Gasteiger charge is 2.30. The lowest BCUT2D eigenvalue weighted by Crippen LogP contribution is -2.17. The van der Waals surface area contributed by atoms with Crippen LogP contribution < -0.4 is 0 Å². The molecule has 142 valence electrons. The van der Waals surface area contributed by atoms with Gasteiger partial charge in [0.15, 0.2) is 0 Å². The fourth-order valence-corrected chi connectivity index (χ4v) is 2.27. The summed E-state index contributed by atoms with van der Waals surface area (Å²) in [6.07, 6.45) is -4.44. The highest BCUT2D eigenvalue weighted by Crippen LogP contribution is 2.29. The summed E-state index contributed by atoms with van der Waals surface area (Å²) in [7, 11) is 1.18. The normalized spacial score (nSPS) is 11.8. The molecule has 0 radical (unpaired) electrons. The van der Waals surface area contributed by atoms with Crippen molar-refractivity contribution in [2.24, 2.45) is 5.16 Å². The van der Waals surface area contributed by atoms with E-state index < -0.39 is 17.7 Å². The van der Waals surface area contributed by atoms with E-state index in [-0.39, 0.29) is 23.6 Å². The van der Waals surface area contributed by atoms with E-state index in [1.807, 2.05) is 0 Å². The maximum atomic E-state index is 12.8. The van der Waals surface area contributed by atoms with Gasteiger partial charge < -0.3 is 9.57 Å². The number of rotatable bonds is 6. The summed E-state index contributed by atoms with van der Waals surface area (Å²) >= 11 is 0. The molecule has 0 saturated heterocycles. The van der Waals surface area contributed by atoms with Crippen LogP contribution in [-0.4, -0.2) is 24.5 Å². The first-order valence-corrected chi connectivity index (χ1v) is 7.83. The van der Waals surface area contributed by atoms with Gasteiger partial charge in [0.1, 0.15) is 12.3 Å². The van der Waals surface area contributed by atoms with Crippen molar-refractivity contribution in [2.75, 3.05) is 7.11 Å². The summed E-state index contributed by atoms with van der Waals surface area (Å²) in [6, 6.07) is 11.4. The standard InChI is InChI=1S/C19H17F3N2O3/c1-12(13-7-5-8-15(10-13)19(20,21)22)24-27-11-14-6-3-4-9-16(14)17(23)18(25)26-2/h3-10,23H,11H2,1-2H3/b23-17?,24-12+. The van der Waals surface area contributed by atoms with Crippen molar-refractivity contribution >= 4 is 17.4 Å². The van der Waals surface area contributed by atoms with Gasteiger partial charge in [-0.05, 0) is 24.6 Å².